The number of halogens is 2. The Hall–Kier alpha value is -1.49. The van der Waals surface area contributed by atoms with Gasteiger partial charge in [-0.2, -0.15) is 0 Å². The van der Waals surface area contributed by atoms with E-state index in [1.54, 1.807) is 0 Å². The summed E-state index contributed by atoms with van der Waals surface area (Å²) in [4.78, 5) is 11.3. The first kappa shape index (κ1) is 11.6. The van der Waals surface area contributed by atoms with E-state index in [0.717, 1.165) is 12.1 Å². The van der Waals surface area contributed by atoms with Crippen LogP contribution < -0.4 is 5.32 Å². The first-order chi connectivity index (χ1) is 7.00. The van der Waals surface area contributed by atoms with E-state index in [-0.39, 0.29) is 12.1 Å². The summed E-state index contributed by atoms with van der Waals surface area (Å²) in [7, 11) is 0. The molecule has 0 aromatic heterocycles. The Morgan fingerprint density at radius 3 is 2.67 bits per heavy atom. The second-order valence-electron chi connectivity index (χ2n) is 3.19. The fourth-order valence-electron chi connectivity index (χ4n) is 0.980. The van der Waals surface area contributed by atoms with Crippen molar-refractivity contribution in [1.82, 2.24) is 5.32 Å². The van der Waals surface area contributed by atoms with E-state index >= 15 is 0 Å². The van der Waals surface area contributed by atoms with Crippen LogP contribution in [0.4, 0.5) is 8.78 Å². The summed E-state index contributed by atoms with van der Waals surface area (Å²) in [5.41, 5.74) is 0.0227. The van der Waals surface area contributed by atoms with Crippen molar-refractivity contribution < 1.29 is 18.7 Å². The number of rotatable bonds is 3. The predicted octanol–water partition coefficient (Wildman–Crippen LogP) is 1.08. The number of aliphatic hydroxyl groups excluding tert-OH is 1. The molecule has 2 N–H and O–H groups in total. The maximum atomic E-state index is 12.7. The monoisotopic (exact) mass is 215 g/mol. The molecule has 1 aromatic carbocycles. The molecular formula is C10H11F2NO2. The SMILES string of the molecule is CC(O)CNC(=O)c1ccc(F)c(F)c1. The van der Waals surface area contributed by atoms with Gasteiger partial charge in [-0.05, 0) is 25.1 Å². The number of benzene rings is 1. The second-order valence-corrected chi connectivity index (χ2v) is 3.19. The number of amides is 1. The number of carbonyl (C=O) groups is 1. The van der Waals surface area contributed by atoms with Gasteiger partial charge in [-0.25, -0.2) is 8.78 Å². The number of aliphatic hydroxyl groups is 1. The standard InChI is InChI=1S/C10H11F2NO2/c1-6(14)5-13-10(15)7-2-3-8(11)9(12)4-7/h2-4,6,14H,5H2,1H3,(H,13,15). The van der Waals surface area contributed by atoms with Crippen LogP contribution in [0.15, 0.2) is 18.2 Å². The highest BCUT2D eigenvalue weighted by molar-refractivity contribution is 5.94. The highest BCUT2D eigenvalue weighted by atomic mass is 19.2. The van der Waals surface area contributed by atoms with Crippen molar-refractivity contribution in [3.05, 3.63) is 35.4 Å². The van der Waals surface area contributed by atoms with Crippen molar-refractivity contribution in [2.45, 2.75) is 13.0 Å². The highest BCUT2D eigenvalue weighted by Gasteiger charge is 2.09. The number of hydrogen-bond acceptors (Lipinski definition) is 2. The molecule has 5 heteroatoms. The number of nitrogens with one attached hydrogen (secondary N) is 1. The van der Waals surface area contributed by atoms with Crippen LogP contribution in [0.2, 0.25) is 0 Å². The van der Waals surface area contributed by atoms with E-state index in [1.165, 1.54) is 13.0 Å². The quantitative estimate of drug-likeness (QED) is 0.792. The van der Waals surface area contributed by atoms with Gasteiger partial charge in [0, 0.05) is 12.1 Å². The van der Waals surface area contributed by atoms with E-state index in [1.807, 2.05) is 0 Å². The summed E-state index contributed by atoms with van der Waals surface area (Å²) in [5.74, 6) is -2.61. The lowest BCUT2D eigenvalue weighted by Crippen LogP contribution is -2.30. The lowest BCUT2D eigenvalue weighted by Gasteiger charge is -2.07. The topological polar surface area (TPSA) is 49.3 Å². The molecule has 0 spiro atoms. The number of hydrogen-bond donors (Lipinski definition) is 2. The lowest BCUT2D eigenvalue weighted by atomic mass is 10.2. The molecule has 1 atom stereocenters. The minimum atomic E-state index is -1.07. The van der Waals surface area contributed by atoms with E-state index in [9.17, 15) is 13.6 Å². The van der Waals surface area contributed by atoms with E-state index in [2.05, 4.69) is 5.32 Å². The third-order valence-electron chi connectivity index (χ3n) is 1.74. The van der Waals surface area contributed by atoms with E-state index < -0.39 is 23.6 Å². The van der Waals surface area contributed by atoms with Crippen molar-refractivity contribution in [2.24, 2.45) is 0 Å². The first-order valence-electron chi connectivity index (χ1n) is 4.42. The molecule has 0 saturated carbocycles. The van der Waals surface area contributed by atoms with Gasteiger partial charge in [-0.3, -0.25) is 4.79 Å². The minimum Gasteiger partial charge on any atom is -0.392 e. The van der Waals surface area contributed by atoms with Gasteiger partial charge in [-0.1, -0.05) is 0 Å². The average molecular weight is 215 g/mol. The normalized spacial score (nSPS) is 12.3. The van der Waals surface area contributed by atoms with Crippen LogP contribution in [0.1, 0.15) is 17.3 Å². The largest absolute Gasteiger partial charge is 0.392 e. The molecule has 15 heavy (non-hydrogen) atoms. The molecule has 1 aromatic rings. The molecule has 0 bridgehead atoms. The molecule has 0 heterocycles. The van der Waals surface area contributed by atoms with Crippen LogP contribution in [-0.2, 0) is 0 Å². The Morgan fingerprint density at radius 1 is 1.47 bits per heavy atom. The Kier molecular flexibility index (Phi) is 3.74. The minimum absolute atomic E-state index is 0.0227. The zero-order chi connectivity index (χ0) is 11.4. The molecule has 3 nitrogen and oxygen atoms in total. The Labute approximate surface area is 85.7 Å². The van der Waals surface area contributed by atoms with Crippen molar-refractivity contribution in [1.29, 1.82) is 0 Å². The Bertz CT molecular complexity index is 366. The van der Waals surface area contributed by atoms with Crippen LogP contribution >= 0.6 is 0 Å². The summed E-state index contributed by atoms with van der Waals surface area (Å²) in [5, 5.41) is 11.3. The van der Waals surface area contributed by atoms with Gasteiger partial charge in [0.15, 0.2) is 11.6 Å². The molecule has 1 rings (SSSR count). The summed E-state index contributed by atoms with van der Waals surface area (Å²) in [6.07, 6.45) is -0.681. The summed E-state index contributed by atoms with van der Waals surface area (Å²) in [6, 6.07) is 2.87. The average Bonchev–Trinajstić information content (AvgIpc) is 2.18. The van der Waals surface area contributed by atoms with E-state index in [4.69, 9.17) is 5.11 Å². The smallest absolute Gasteiger partial charge is 0.251 e. The molecule has 0 fully saturated rings. The maximum absolute atomic E-state index is 12.7. The Morgan fingerprint density at radius 2 is 2.13 bits per heavy atom. The van der Waals surface area contributed by atoms with Crippen LogP contribution in [0.3, 0.4) is 0 Å². The van der Waals surface area contributed by atoms with Crippen LogP contribution in [0, 0.1) is 11.6 Å². The van der Waals surface area contributed by atoms with Gasteiger partial charge >= 0.3 is 0 Å². The lowest BCUT2D eigenvalue weighted by molar-refractivity contribution is 0.0923. The maximum Gasteiger partial charge on any atom is 0.251 e. The summed E-state index contributed by atoms with van der Waals surface area (Å²) < 4.78 is 25.3. The van der Waals surface area contributed by atoms with Crippen LogP contribution in [0.25, 0.3) is 0 Å². The van der Waals surface area contributed by atoms with Crippen LogP contribution in [-0.4, -0.2) is 23.7 Å². The number of carbonyl (C=O) groups excluding carboxylic acids is 1. The molecule has 0 aliphatic rings. The van der Waals surface area contributed by atoms with Crippen molar-refractivity contribution in [2.75, 3.05) is 6.54 Å². The molecule has 1 amide bonds. The third-order valence-corrected chi connectivity index (χ3v) is 1.74. The van der Waals surface area contributed by atoms with Gasteiger partial charge in [0.2, 0.25) is 0 Å². The van der Waals surface area contributed by atoms with Crippen LogP contribution in [0.5, 0.6) is 0 Å². The van der Waals surface area contributed by atoms with Crippen molar-refractivity contribution in [3.8, 4) is 0 Å². The fourth-order valence-corrected chi connectivity index (χ4v) is 0.980. The van der Waals surface area contributed by atoms with Gasteiger partial charge in [0.05, 0.1) is 6.10 Å². The second kappa shape index (κ2) is 4.84. The molecule has 82 valence electrons. The van der Waals surface area contributed by atoms with Gasteiger partial charge < -0.3 is 10.4 Å². The molecule has 0 aliphatic heterocycles. The zero-order valence-corrected chi connectivity index (χ0v) is 8.13. The Balaban J connectivity index is 2.70. The van der Waals surface area contributed by atoms with Crippen molar-refractivity contribution in [3.63, 3.8) is 0 Å². The molecular weight excluding hydrogens is 204 g/mol. The van der Waals surface area contributed by atoms with Gasteiger partial charge in [0.1, 0.15) is 0 Å². The summed E-state index contributed by atoms with van der Waals surface area (Å²) in [6.45, 7) is 1.57. The summed E-state index contributed by atoms with van der Waals surface area (Å²) >= 11 is 0. The fraction of sp³-hybridized carbons (Fsp3) is 0.300. The third kappa shape index (κ3) is 3.28. The first-order valence-corrected chi connectivity index (χ1v) is 4.42. The molecule has 0 radical (unpaired) electrons. The zero-order valence-electron chi connectivity index (χ0n) is 8.13. The van der Waals surface area contributed by atoms with Gasteiger partial charge in [0.25, 0.3) is 5.91 Å². The highest BCUT2D eigenvalue weighted by Crippen LogP contribution is 2.08. The van der Waals surface area contributed by atoms with E-state index in [0.29, 0.717) is 0 Å². The van der Waals surface area contributed by atoms with Gasteiger partial charge in [-0.15, -0.1) is 0 Å². The molecule has 0 saturated heterocycles. The van der Waals surface area contributed by atoms with Crippen molar-refractivity contribution >= 4 is 5.91 Å². The predicted molar refractivity (Wildman–Crippen MR) is 50.4 cm³/mol. The molecule has 0 aliphatic carbocycles. The molecule has 1 unspecified atom stereocenters.